The first-order valence-corrected chi connectivity index (χ1v) is 8.07. The number of rotatable bonds is 5. The second-order valence-electron chi connectivity index (χ2n) is 6.19. The summed E-state index contributed by atoms with van der Waals surface area (Å²) in [6.07, 6.45) is 10.6. The SMILES string of the molecule is CCC(C(=O)N1CCC(O)(Cn2ccnc2)CC1)n1cccn1. The van der Waals surface area contributed by atoms with Crippen molar-refractivity contribution < 1.29 is 9.90 Å². The molecular weight excluding hydrogens is 294 g/mol. The summed E-state index contributed by atoms with van der Waals surface area (Å²) < 4.78 is 3.60. The number of imidazole rings is 1. The smallest absolute Gasteiger partial charge is 0.247 e. The summed E-state index contributed by atoms with van der Waals surface area (Å²) in [5, 5.41) is 14.9. The molecule has 1 amide bonds. The summed E-state index contributed by atoms with van der Waals surface area (Å²) in [6.45, 7) is 3.65. The maximum Gasteiger partial charge on any atom is 0.247 e. The maximum absolute atomic E-state index is 12.7. The van der Waals surface area contributed by atoms with Gasteiger partial charge in [-0.25, -0.2) is 4.98 Å². The third-order valence-electron chi connectivity index (χ3n) is 4.56. The summed E-state index contributed by atoms with van der Waals surface area (Å²) in [7, 11) is 0. The Labute approximate surface area is 135 Å². The molecule has 124 valence electrons. The van der Waals surface area contributed by atoms with Crippen LogP contribution in [-0.2, 0) is 11.3 Å². The van der Waals surface area contributed by atoms with Crippen LogP contribution in [0.15, 0.2) is 37.2 Å². The molecule has 1 fully saturated rings. The van der Waals surface area contributed by atoms with E-state index in [1.165, 1.54) is 0 Å². The number of hydrogen-bond acceptors (Lipinski definition) is 4. The fourth-order valence-electron chi connectivity index (χ4n) is 3.17. The summed E-state index contributed by atoms with van der Waals surface area (Å²) >= 11 is 0. The van der Waals surface area contributed by atoms with Gasteiger partial charge in [0.05, 0.1) is 18.5 Å². The van der Waals surface area contributed by atoms with Crippen molar-refractivity contribution in [2.75, 3.05) is 13.1 Å². The van der Waals surface area contributed by atoms with Crippen molar-refractivity contribution in [1.82, 2.24) is 24.2 Å². The van der Waals surface area contributed by atoms with E-state index in [2.05, 4.69) is 10.1 Å². The highest BCUT2D eigenvalue weighted by Crippen LogP contribution is 2.26. The van der Waals surface area contributed by atoms with Gasteiger partial charge in [-0.1, -0.05) is 6.92 Å². The van der Waals surface area contributed by atoms with Crippen molar-refractivity contribution in [2.24, 2.45) is 0 Å². The molecule has 0 bridgehead atoms. The molecule has 2 aromatic heterocycles. The van der Waals surface area contributed by atoms with Crippen LogP contribution in [-0.4, -0.2) is 53.9 Å². The van der Waals surface area contributed by atoms with E-state index >= 15 is 0 Å². The lowest BCUT2D eigenvalue weighted by atomic mass is 9.91. The van der Waals surface area contributed by atoms with Crippen LogP contribution in [0.2, 0.25) is 0 Å². The van der Waals surface area contributed by atoms with Crippen LogP contribution >= 0.6 is 0 Å². The number of carbonyl (C=O) groups excluding carboxylic acids is 1. The molecule has 1 unspecified atom stereocenters. The molecule has 3 rings (SSSR count). The zero-order valence-corrected chi connectivity index (χ0v) is 13.4. The first-order valence-electron chi connectivity index (χ1n) is 8.07. The van der Waals surface area contributed by atoms with Crippen molar-refractivity contribution >= 4 is 5.91 Å². The number of hydrogen-bond donors (Lipinski definition) is 1. The number of carbonyl (C=O) groups is 1. The number of likely N-dealkylation sites (tertiary alicyclic amines) is 1. The molecule has 1 atom stereocenters. The highest BCUT2D eigenvalue weighted by Gasteiger charge is 2.36. The average Bonchev–Trinajstić information content (AvgIpc) is 3.22. The Morgan fingerprint density at radius 1 is 1.30 bits per heavy atom. The molecular formula is C16H23N5O2. The molecule has 23 heavy (non-hydrogen) atoms. The minimum Gasteiger partial charge on any atom is -0.388 e. The van der Waals surface area contributed by atoms with Crippen molar-refractivity contribution in [3.05, 3.63) is 37.2 Å². The highest BCUT2D eigenvalue weighted by molar-refractivity contribution is 5.80. The van der Waals surface area contributed by atoms with E-state index in [0.717, 1.165) is 0 Å². The third-order valence-corrected chi connectivity index (χ3v) is 4.56. The van der Waals surface area contributed by atoms with Gasteiger partial charge in [0.15, 0.2) is 0 Å². The first kappa shape index (κ1) is 15.7. The largest absolute Gasteiger partial charge is 0.388 e. The minimum atomic E-state index is -0.773. The molecule has 3 heterocycles. The van der Waals surface area contributed by atoms with Crippen LogP contribution < -0.4 is 0 Å². The van der Waals surface area contributed by atoms with Gasteiger partial charge in [0.25, 0.3) is 0 Å². The van der Waals surface area contributed by atoms with E-state index < -0.39 is 5.60 Å². The van der Waals surface area contributed by atoms with Gasteiger partial charge in [-0.15, -0.1) is 0 Å². The lowest BCUT2D eigenvalue weighted by molar-refractivity contribution is -0.139. The highest BCUT2D eigenvalue weighted by atomic mass is 16.3. The van der Waals surface area contributed by atoms with Gasteiger partial charge >= 0.3 is 0 Å². The summed E-state index contributed by atoms with van der Waals surface area (Å²) in [4.78, 5) is 18.6. The van der Waals surface area contributed by atoms with Gasteiger partial charge in [0, 0.05) is 37.9 Å². The summed E-state index contributed by atoms with van der Waals surface area (Å²) in [6, 6.07) is 1.57. The van der Waals surface area contributed by atoms with E-state index in [4.69, 9.17) is 0 Å². The minimum absolute atomic E-state index is 0.0841. The van der Waals surface area contributed by atoms with Crippen LogP contribution in [0.5, 0.6) is 0 Å². The Hall–Kier alpha value is -2.15. The zero-order chi connectivity index (χ0) is 16.3. The van der Waals surface area contributed by atoms with Gasteiger partial charge in [-0.3, -0.25) is 9.48 Å². The fraction of sp³-hybridized carbons (Fsp3) is 0.562. The number of amides is 1. The summed E-state index contributed by atoms with van der Waals surface area (Å²) in [5.41, 5.74) is -0.773. The van der Waals surface area contributed by atoms with Crippen molar-refractivity contribution in [1.29, 1.82) is 0 Å². The topological polar surface area (TPSA) is 76.2 Å². The average molecular weight is 317 g/mol. The van der Waals surface area contributed by atoms with Gasteiger partial charge in [-0.05, 0) is 25.3 Å². The predicted octanol–water partition coefficient (Wildman–Crippen LogP) is 1.08. The molecule has 1 aliphatic rings. The standard InChI is InChI=1S/C16H23N5O2/c1-2-14(21-8-3-6-18-21)15(22)20-9-4-16(23,5-10-20)12-19-11-7-17-13-19/h3,6-8,11,13-14,23H,2,4-5,9-10,12H2,1H3. The molecule has 0 saturated carbocycles. The third kappa shape index (κ3) is 3.44. The lowest BCUT2D eigenvalue weighted by Crippen LogP contribution is -2.50. The molecule has 1 N–H and O–H groups in total. The summed E-state index contributed by atoms with van der Waals surface area (Å²) in [5.74, 6) is 0.0841. The van der Waals surface area contributed by atoms with Gasteiger partial charge in [-0.2, -0.15) is 5.10 Å². The number of aliphatic hydroxyl groups is 1. The molecule has 0 spiro atoms. The Morgan fingerprint density at radius 2 is 2.09 bits per heavy atom. The number of nitrogens with zero attached hydrogens (tertiary/aromatic N) is 5. The molecule has 2 aromatic rings. The quantitative estimate of drug-likeness (QED) is 0.895. The Balaban J connectivity index is 1.60. The van der Waals surface area contributed by atoms with Crippen molar-refractivity contribution in [3.8, 4) is 0 Å². The molecule has 7 heteroatoms. The molecule has 0 aromatic carbocycles. The molecule has 1 aliphatic heterocycles. The lowest BCUT2D eigenvalue weighted by Gasteiger charge is -2.39. The molecule has 7 nitrogen and oxygen atoms in total. The maximum atomic E-state index is 12.7. The van der Waals surface area contributed by atoms with Gasteiger partial charge < -0.3 is 14.6 Å². The Morgan fingerprint density at radius 3 is 2.65 bits per heavy atom. The van der Waals surface area contributed by atoms with Crippen LogP contribution in [0.3, 0.4) is 0 Å². The van der Waals surface area contributed by atoms with Crippen LogP contribution in [0.1, 0.15) is 32.2 Å². The van der Waals surface area contributed by atoms with Crippen LogP contribution in [0, 0.1) is 0 Å². The number of piperidine rings is 1. The molecule has 0 aliphatic carbocycles. The van der Waals surface area contributed by atoms with E-state index in [0.29, 0.717) is 38.9 Å². The molecule has 1 saturated heterocycles. The van der Waals surface area contributed by atoms with Crippen LogP contribution in [0.25, 0.3) is 0 Å². The van der Waals surface area contributed by atoms with Crippen LogP contribution in [0.4, 0.5) is 0 Å². The number of aromatic nitrogens is 4. The van der Waals surface area contributed by atoms with Gasteiger partial charge in [0.1, 0.15) is 6.04 Å². The zero-order valence-electron chi connectivity index (χ0n) is 13.4. The molecule has 0 radical (unpaired) electrons. The van der Waals surface area contributed by atoms with E-state index in [9.17, 15) is 9.90 Å². The Bertz CT molecular complexity index is 615. The van der Waals surface area contributed by atoms with Crippen molar-refractivity contribution in [3.63, 3.8) is 0 Å². The first-order chi connectivity index (χ1) is 11.1. The second kappa shape index (κ2) is 6.54. The van der Waals surface area contributed by atoms with E-state index in [1.807, 2.05) is 34.9 Å². The fourth-order valence-corrected chi connectivity index (χ4v) is 3.17. The van der Waals surface area contributed by atoms with E-state index in [-0.39, 0.29) is 11.9 Å². The normalized spacial score (nSPS) is 18.8. The predicted molar refractivity (Wildman–Crippen MR) is 84.5 cm³/mol. The second-order valence-corrected chi connectivity index (χ2v) is 6.19. The van der Waals surface area contributed by atoms with E-state index in [1.54, 1.807) is 23.4 Å². The Kier molecular flexibility index (Phi) is 4.47. The van der Waals surface area contributed by atoms with Gasteiger partial charge in [0.2, 0.25) is 5.91 Å². The van der Waals surface area contributed by atoms with Crippen molar-refractivity contribution in [2.45, 2.75) is 44.4 Å². The monoisotopic (exact) mass is 317 g/mol.